The number of ether oxygens (including phenoxy) is 2. The fraction of sp³-hybridized carbons (Fsp3) is 0.273. The number of rotatable bonds is 5. The van der Waals surface area contributed by atoms with E-state index in [9.17, 15) is 18.0 Å². The van der Waals surface area contributed by atoms with Gasteiger partial charge in [0.1, 0.15) is 16.5 Å². The van der Waals surface area contributed by atoms with E-state index >= 15 is 0 Å². The van der Waals surface area contributed by atoms with Crippen LogP contribution in [0.15, 0.2) is 47.8 Å². The van der Waals surface area contributed by atoms with Crippen molar-refractivity contribution in [3.63, 3.8) is 0 Å². The van der Waals surface area contributed by atoms with Gasteiger partial charge in [0, 0.05) is 18.5 Å². The van der Waals surface area contributed by atoms with Crippen molar-refractivity contribution in [3.05, 3.63) is 59.1 Å². The quantitative estimate of drug-likeness (QED) is 0.582. The second-order valence-electron chi connectivity index (χ2n) is 7.02. The molecule has 0 saturated carbocycles. The van der Waals surface area contributed by atoms with Gasteiger partial charge in [-0.15, -0.1) is 11.3 Å². The fourth-order valence-electron chi connectivity index (χ4n) is 3.40. The number of hydrogen-bond acceptors (Lipinski definition) is 6. The third kappa shape index (κ3) is 4.71. The molecule has 0 atom stereocenters. The molecule has 0 radical (unpaired) electrons. The van der Waals surface area contributed by atoms with Crippen molar-refractivity contribution in [2.45, 2.75) is 6.18 Å². The van der Waals surface area contributed by atoms with Gasteiger partial charge in [0.2, 0.25) is 0 Å². The highest BCUT2D eigenvalue weighted by Crippen LogP contribution is 2.36. The van der Waals surface area contributed by atoms with Crippen LogP contribution in [0.25, 0.3) is 10.6 Å². The minimum Gasteiger partial charge on any atom is -0.496 e. The Bertz CT molecular complexity index is 1110. The molecule has 10 heteroatoms. The molecule has 168 valence electrons. The summed E-state index contributed by atoms with van der Waals surface area (Å²) in [4.78, 5) is 19.1. The number of alkyl halides is 3. The first-order valence-electron chi connectivity index (χ1n) is 9.81. The number of carbonyl (C=O) groups excluding carboxylic acids is 1. The Balaban J connectivity index is 1.63. The van der Waals surface area contributed by atoms with Crippen LogP contribution < -0.4 is 15.0 Å². The number of nitrogens with zero attached hydrogens (tertiary/aromatic N) is 2. The molecule has 1 aliphatic heterocycles. The molecular weight excluding hydrogens is 443 g/mol. The van der Waals surface area contributed by atoms with E-state index in [1.165, 1.54) is 17.4 Å². The number of benzene rings is 2. The number of halogens is 3. The van der Waals surface area contributed by atoms with Gasteiger partial charge in [-0.05, 0) is 30.3 Å². The molecule has 6 nitrogen and oxygen atoms in total. The van der Waals surface area contributed by atoms with Gasteiger partial charge in [0.05, 0.1) is 42.8 Å². The molecule has 1 fully saturated rings. The number of hydrogen-bond donors (Lipinski definition) is 1. The van der Waals surface area contributed by atoms with Crippen LogP contribution in [-0.2, 0) is 10.9 Å². The van der Waals surface area contributed by atoms with Crippen LogP contribution in [0.1, 0.15) is 16.1 Å². The van der Waals surface area contributed by atoms with Crippen molar-refractivity contribution in [1.29, 1.82) is 0 Å². The van der Waals surface area contributed by atoms with E-state index in [4.69, 9.17) is 9.47 Å². The predicted octanol–water partition coefficient (Wildman–Crippen LogP) is 4.93. The maximum atomic E-state index is 13.3. The molecular formula is C22H20F3N3O3S. The molecule has 4 rings (SSSR count). The molecule has 2 heterocycles. The number of nitrogens with one attached hydrogen (secondary N) is 1. The van der Waals surface area contributed by atoms with Crippen molar-refractivity contribution in [3.8, 4) is 16.3 Å². The summed E-state index contributed by atoms with van der Waals surface area (Å²) in [7, 11) is 1.54. The lowest BCUT2D eigenvalue weighted by molar-refractivity contribution is -0.137. The number of amides is 1. The summed E-state index contributed by atoms with van der Waals surface area (Å²) < 4.78 is 50.5. The number of morpholine rings is 1. The molecule has 0 unspecified atom stereocenters. The first-order chi connectivity index (χ1) is 15.4. The largest absolute Gasteiger partial charge is 0.496 e. The Hall–Kier alpha value is -3.11. The Morgan fingerprint density at radius 2 is 1.94 bits per heavy atom. The van der Waals surface area contributed by atoms with Gasteiger partial charge >= 0.3 is 6.18 Å². The van der Waals surface area contributed by atoms with Gasteiger partial charge in [-0.1, -0.05) is 12.1 Å². The lowest BCUT2D eigenvalue weighted by atomic mass is 10.1. The number of carbonyl (C=O) groups is 1. The van der Waals surface area contributed by atoms with Crippen LogP contribution in [0.3, 0.4) is 0 Å². The Morgan fingerprint density at radius 1 is 1.19 bits per heavy atom. The molecule has 32 heavy (non-hydrogen) atoms. The normalized spacial score (nSPS) is 14.3. The van der Waals surface area contributed by atoms with E-state index < -0.39 is 17.6 Å². The first kappa shape index (κ1) is 22.1. The molecule has 1 aliphatic rings. The molecule has 0 bridgehead atoms. The van der Waals surface area contributed by atoms with E-state index in [1.54, 1.807) is 18.6 Å². The molecule has 1 amide bonds. The highest BCUT2D eigenvalue weighted by atomic mass is 32.1. The van der Waals surface area contributed by atoms with E-state index in [-0.39, 0.29) is 11.4 Å². The SMILES string of the molecule is COc1ccccc1-c1nc(C(=O)Nc2cc(C(F)(F)F)ccc2N2CCOCC2)cs1. The Labute approximate surface area is 186 Å². The highest BCUT2D eigenvalue weighted by molar-refractivity contribution is 7.13. The van der Waals surface area contributed by atoms with Crippen molar-refractivity contribution in [2.24, 2.45) is 0 Å². The summed E-state index contributed by atoms with van der Waals surface area (Å²) in [6.07, 6.45) is -4.53. The monoisotopic (exact) mass is 463 g/mol. The van der Waals surface area contributed by atoms with Gasteiger partial charge in [-0.3, -0.25) is 4.79 Å². The van der Waals surface area contributed by atoms with Crippen LogP contribution in [0.4, 0.5) is 24.5 Å². The molecule has 1 N–H and O–H groups in total. The molecule has 3 aromatic rings. The zero-order valence-corrected chi connectivity index (χ0v) is 17.9. The van der Waals surface area contributed by atoms with Gasteiger partial charge in [0.25, 0.3) is 5.91 Å². The summed E-state index contributed by atoms with van der Waals surface area (Å²) >= 11 is 1.25. The molecule has 2 aromatic carbocycles. The third-order valence-electron chi connectivity index (χ3n) is 5.00. The molecule has 0 aliphatic carbocycles. The van der Waals surface area contributed by atoms with Crippen molar-refractivity contribution in [1.82, 2.24) is 4.98 Å². The lowest BCUT2D eigenvalue weighted by Gasteiger charge is -2.31. The molecule has 1 aromatic heterocycles. The summed E-state index contributed by atoms with van der Waals surface area (Å²) in [5.74, 6) is 0.0255. The zero-order chi connectivity index (χ0) is 22.7. The van der Waals surface area contributed by atoms with Crippen LogP contribution >= 0.6 is 11.3 Å². The summed E-state index contributed by atoms with van der Waals surface area (Å²) in [5, 5.41) is 4.76. The smallest absolute Gasteiger partial charge is 0.416 e. The molecule has 1 saturated heterocycles. The molecule has 0 spiro atoms. The topological polar surface area (TPSA) is 63.7 Å². The standard InChI is InChI=1S/C22H20F3N3O3S/c1-30-19-5-3-2-4-15(19)21-27-17(13-32-21)20(29)26-16-12-14(22(23,24)25)6-7-18(16)28-8-10-31-11-9-28/h2-7,12-13H,8-11H2,1H3,(H,26,29). The maximum absolute atomic E-state index is 13.3. The minimum absolute atomic E-state index is 0.0820. The number of aromatic nitrogens is 1. The van der Waals surface area contributed by atoms with Crippen LogP contribution in [0, 0.1) is 0 Å². The van der Waals surface area contributed by atoms with Gasteiger partial charge in [-0.2, -0.15) is 13.2 Å². The fourth-order valence-corrected chi connectivity index (χ4v) is 4.23. The van der Waals surface area contributed by atoms with E-state index in [0.29, 0.717) is 42.7 Å². The van der Waals surface area contributed by atoms with Gasteiger partial charge in [0.15, 0.2) is 0 Å². The second-order valence-corrected chi connectivity index (χ2v) is 7.88. The first-order valence-corrected chi connectivity index (χ1v) is 10.7. The lowest BCUT2D eigenvalue weighted by Crippen LogP contribution is -2.36. The van der Waals surface area contributed by atoms with Crippen LogP contribution in [0.2, 0.25) is 0 Å². The van der Waals surface area contributed by atoms with Crippen molar-refractivity contribution >= 4 is 28.6 Å². The van der Waals surface area contributed by atoms with Crippen molar-refractivity contribution in [2.75, 3.05) is 43.6 Å². The Kier molecular flexibility index (Phi) is 6.33. The number of para-hydroxylation sites is 1. The van der Waals surface area contributed by atoms with E-state index in [0.717, 1.165) is 17.7 Å². The average Bonchev–Trinajstić information content (AvgIpc) is 3.29. The Morgan fingerprint density at radius 3 is 2.66 bits per heavy atom. The highest BCUT2D eigenvalue weighted by Gasteiger charge is 2.32. The van der Waals surface area contributed by atoms with Crippen LogP contribution in [-0.4, -0.2) is 44.3 Å². The summed E-state index contributed by atoms with van der Waals surface area (Å²) in [6.45, 7) is 1.96. The minimum atomic E-state index is -4.53. The third-order valence-corrected chi connectivity index (χ3v) is 5.87. The zero-order valence-electron chi connectivity index (χ0n) is 17.1. The number of anilines is 2. The number of thiazole rings is 1. The van der Waals surface area contributed by atoms with E-state index in [2.05, 4.69) is 10.3 Å². The van der Waals surface area contributed by atoms with Crippen LogP contribution in [0.5, 0.6) is 5.75 Å². The average molecular weight is 463 g/mol. The second kappa shape index (κ2) is 9.17. The van der Waals surface area contributed by atoms with Gasteiger partial charge < -0.3 is 19.7 Å². The predicted molar refractivity (Wildman–Crippen MR) is 117 cm³/mol. The number of methoxy groups -OCH3 is 1. The summed E-state index contributed by atoms with van der Waals surface area (Å²) in [6, 6.07) is 10.6. The van der Waals surface area contributed by atoms with E-state index in [1.807, 2.05) is 23.1 Å². The summed E-state index contributed by atoms with van der Waals surface area (Å²) in [5.41, 5.74) is 0.597. The van der Waals surface area contributed by atoms with Gasteiger partial charge in [-0.25, -0.2) is 4.98 Å². The maximum Gasteiger partial charge on any atom is 0.416 e. The van der Waals surface area contributed by atoms with Crippen molar-refractivity contribution < 1.29 is 27.4 Å².